The summed E-state index contributed by atoms with van der Waals surface area (Å²) in [6, 6.07) is 10.4. The zero-order chi connectivity index (χ0) is 35.2. The highest BCUT2D eigenvalue weighted by molar-refractivity contribution is 7.92. The number of carbonyl (C=O) groups is 1. The van der Waals surface area contributed by atoms with Crippen molar-refractivity contribution in [1.29, 1.82) is 0 Å². The molecule has 0 radical (unpaired) electrons. The quantitative estimate of drug-likeness (QED) is 0.339. The molecule has 0 saturated carbocycles. The molecule has 0 fully saturated rings. The lowest BCUT2D eigenvalue weighted by Crippen LogP contribution is -2.48. The Labute approximate surface area is 284 Å². The number of anilines is 1. The van der Waals surface area contributed by atoms with Crippen molar-refractivity contribution in [1.82, 2.24) is 18.8 Å². The first-order chi connectivity index (χ1) is 22.6. The van der Waals surface area contributed by atoms with Crippen molar-refractivity contribution in [2.24, 2.45) is 13.0 Å². The largest absolute Gasteiger partial charge is 0.490 e. The number of nitrogens with zero attached hydrogens (tertiary/aromatic N) is 4. The first-order valence-corrected chi connectivity index (χ1v) is 18.9. The van der Waals surface area contributed by atoms with Gasteiger partial charge in [0.15, 0.2) is 5.03 Å². The Bertz CT molecular complexity index is 1760. The Balaban J connectivity index is 1.68. The van der Waals surface area contributed by atoms with Crippen LogP contribution in [0.5, 0.6) is 5.75 Å². The molecule has 0 aliphatic carbocycles. The maximum Gasteiger partial charge on any atom is 0.261 e. The van der Waals surface area contributed by atoms with Crippen LogP contribution in [0, 0.1) is 12.8 Å². The Kier molecular flexibility index (Phi) is 12.3. The van der Waals surface area contributed by atoms with E-state index in [2.05, 4.69) is 9.71 Å². The third-order valence-corrected chi connectivity index (χ3v) is 11.5. The average molecular weight is 706 g/mol. The third kappa shape index (κ3) is 9.14. The number of aliphatic hydroxyl groups excluding tert-OH is 1. The second kappa shape index (κ2) is 15.8. The van der Waals surface area contributed by atoms with Gasteiger partial charge in [0.2, 0.25) is 0 Å². The minimum atomic E-state index is -3.96. The first kappa shape index (κ1) is 37.3. The van der Waals surface area contributed by atoms with Crippen molar-refractivity contribution in [3.63, 3.8) is 0 Å². The summed E-state index contributed by atoms with van der Waals surface area (Å²) in [6.07, 6.45) is 4.10. The molecule has 0 unspecified atom stereocenters. The molecule has 1 aromatic heterocycles. The maximum atomic E-state index is 14.4. The summed E-state index contributed by atoms with van der Waals surface area (Å²) in [5, 5.41) is 10.1. The van der Waals surface area contributed by atoms with Gasteiger partial charge in [0.05, 0.1) is 41.6 Å². The summed E-state index contributed by atoms with van der Waals surface area (Å²) in [4.78, 5) is 19.9. The van der Waals surface area contributed by atoms with Gasteiger partial charge in [0.1, 0.15) is 5.75 Å². The van der Waals surface area contributed by atoms with E-state index in [9.17, 15) is 26.7 Å². The van der Waals surface area contributed by atoms with Crippen LogP contribution in [0.25, 0.3) is 0 Å². The topological polar surface area (TPSA) is 160 Å². The van der Waals surface area contributed by atoms with Crippen LogP contribution >= 0.6 is 0 Å². The number of aromatic nitrogens is 2. The molecule has 1 amide bonds. The van der Waals surface area contributed by atoms with Crippen LogP contribution in [0.15, 0.2) is 64.9 Å². The third-order valence-electron chi connectivity index (χ3n) is 8.43. The minimum absolute atomic E-state index is 0.0106. The van der Waals surface area contributed by atoms with Crippen molar-refractivity contribution in [3.05, 3.63) is 66.1 Å². The highest BCUT2D eigenvalue weighted by Crippen LogP contribution is 2.30. The fourth-order valence-corrected chi connectivity index (χ4v) is 7.61. The lowest BCUT2D eigenvalue weighted by atomic mass is 10.0. The van der Waals surface area contributed by atoms with E-state index >= 15 is 0 Å². The van der Waals surface area contributed by atoms with Crippen molar-refractivity contribution in [2.75, 3.05) is 38.1 Å². The Hall–Kier alpha value is -3.50. The highest BCUT2D eigenvalue weighted by atomic mass is 32.2. The van der Waals surface area contributed by atoms with Gasteiger partial charge in [-0.25, -0.2) is 21.8 Å². The normalized spacial score (nSPS) is 20.9. The van der Waals surface area contributed by atoms with Crippen LogP contribution in [0.1, 0.15) is 56.0 Å². The molecule has 0 spiro atoms. The molecule has 15 heteroatoms. The fourth-order valence-electron chi connectivity index (χ4n) is 5.41. The van der Waals surface area contributed by atoms with Crippen molar-refractivity contribution in [2.45, 2.75) is 75.1 Å². The summed E-state index contributed by atoms with van der Waals surface area (Å²) in [6.45, 7) is 7.48. The monoisotopic (exact) mass is 705 g/mol. The number of likely N-dealkylation sites (N-methyl/N-ethyl adjacent to an activating group) is 1. The number of carbonyl (C=O) groups excluding carboxylic acids is 1. The number of imidazole rings is 1. The number of aliphatic hydroxyl groups is 1. The molecule has 3 aromatic rings. The van der Waals surface area contributed by atoms with Gasteiger partial charge in [-0.15, -0.1) is 0 Å². The number of rotatable bonds is 9. The van der Waals surface area contributed by atoms with E-state index in [0.29, 0.717) is 25.2 Å². The fraction of sp³-hybridized carbons (Fsp3) is 0.515. The van der Waals surface area contributed by atoms with Gasteiger partial charge in [-0.05, 0) is 70.4 Å². The van der Waals surface area contributed by atoms with Crippen LogP contribution in [-0.2, 0) is 31.8 Å². The summed E-state index contributed by atoms with van der Waals surface area (Å²) in [7, 11) is -4.71. The number of fused-ring (bicyclic) bond motifs is 1. The molecule has 1 aliphatic rings. The molecular formula is C33H47N5O8S2. The van der Waals surface area contributed by atoms with Gasteiger partial charge in [-0.3, -0.25) is 9.52 Å². The smallest absolute Gasteiger partial charge is 0.261 e. The zero-order valence-electron chi connectivity index (χ0n) is 28.4. The SMILES string of the molecule is Cc1ccc(S(=O)(=O)Nc2ccc3c(c2)C(=O)N([C@@H](C)CO)C[C@H](C)[C@H](CN(C)S(=O)(=O)c2cn(C)cn2)OCCCC[C@@H](C)O3)cc1. The molecule has 0 bridgehead atoms. The standard InChI is InChI=1S/C33H47N5O8S2/c1-23-10-13-28(14-11-23)47(41,42)35-27-12-15-30-29(17-27)33(40)38(25(3)21-39)18-24(2)31(45-16-8-7-9-26(4)46-30)19-37(6)48(43,44)32-20-36(5)22-34-32/h10-15,17,20,22,24-26,31,35,39H,7-9,16,18-19,21H2,1-6H3/t24-,25-,26+,31-/m0/s1. The van der Waals surface area contributed by atoms with E-state index in [4.69, 9.17) is 9.47 Å². The minimum Gasteiger partial charge on any atom is -0.490 e. The van der Waals surface area contributed by atoms with Crippen LogP contribution in [-0.4, -0.2) is 98.2 Å². The number of hydrogen-bond acceptors (Lipinski definition) is 9. The molecule has 4 rings (SSSR count). The molecule has 48 heavy (non-hydrogen) atoms. The van der Waals surface area contributed by atoms with Crippen LogP contribution in [0.2, 0.25) is 0 Å². The first-order valence-electron chi connectivity index (χ1n) is 16.0. The number of sulfonamides is 2. The predicted molar refractivity (Wildman–Crippen MR) is 182 cm³/mol. The molecule has 4 atom stereocenters. The number of hydrogen-bond donors (Lipinski definition) is 2. The van der Waals surface area contributed by atoms with Gasteiger partial charge >= 0.3 is 0 Å². The second-order valence-corrected chi connectivity index (χ2v) is 16.3. The molecule has 2 heterocycles. The number of ether oxygens (including phenoxy) is 2. The average Bonchev–Trinajstić information content (AvgIpc) is 3.49. The Morgan fingerprint density at radius 1 is 1.10 bits per heavy atom. The van der Waals surface area contributed by atoms with Gasteiger partial charge < -0.3 is 24.0 Å². The van der Waals surface area contributed by atoms with Crippen molar-refractivity contribution >= 4 is 31.6 Å². The number of benzene rings is 2. The lowest BCUT2D eigenvalue weighted by molar-refractivity contribution is -0.00835. The number of nitrogens with one attached hydrogen (secondary N) is 1. The zero-order valence-corrected chi connectivity index (χ0v) is 30.0. The van der Waals surface area contributed by atoms with Gasteiger partial charge in [0, 0.05) is 51.6 Å². The van der Waals surface area contributed by atoms with E-state index in [1.165, 1.54) is 47.0 Å². The molecule has 2 aromatic carbocycles. The Morgan fingerprint density at radius 3 is 2.46 bits per heavy atom. The van der Waals surface area contributed by atoms with E-state index in [0.717, 1.165) is 12.0 Å². The Morgan fingerprint density at radius 2 is 1.81 bits per heavy atom. The van der Waals surface area contributed by atoms with Gasteiger partial charge in [-0.1, -0.05) is 24.6 Å². The number of aryl methyl sites for hydroxylation is 2. The molecule has 2 N–H and O–H groups in total. The summed E-state index contributed by atoms with van der Waals surface area (Å²) in [5.74, 6) is -0.564. The van der Waals surface area contributed by atoms with E-state index < -0.39 is 38.1 Å². The summed E-state index contributed by atoms with van der Waals surface area (Å²) >= 11 is 0. The van der Waals surface area contributed by atoms with E-state index in [-0.39, 0.29) is 52.9 Å². The molecular weight excluding hydrogens is 659 g/mol. The maximum absolute atomic E-state index is 14.4. The molecule has 13 nitrogen and oxygen atoms in total. The highest BCUT2D eigenvalue weighted by Gasteiger charge is 2.33. The van der Waals surface area contributed by atoms with E-state index in [1.54, 1.807) is 42.8 Å². The second-order valence-electron chi connectivity index (χ2n) is 12.6. The van der Waals surface area contributed by atoms with Crippen LogP contribution in [0.4, 0.5) is 5.69 Å². The lowest BCUT2D eigenvalue weighted by Gasteiger charge is -2.35. The van der Waals surface area contributed by atoms with E-state index in [1.807, 2.05) is 20.8 Å². The molecule has 264 valence electrons. The van der Waals surface area contributed by atoms with Crippen LogP contribution in [0.3, 0.4) is 0 Å². The summed E-state index contributed by atoms with van der Waals surface area (Å²) in [5.41, 5.74) is 1.22. The van der Waals surface area contributed by atoms with Gasteiger partial charge in [-0.2, -0.15) is 4.31 Å². The van der Waals surface area contributed by atoms with Crippen molar-refractivity contribution < 1.29 is 36.2 Å². The van der Waals surface area contributed by atoms with Gasteiger partial charge in [0.25, 0.3) is 26.0 Å². The predicted octanol–water partition coefficient (Wildman–Crippen LogP) is 3.65. The number of amides is 1. The van der Waals surface area contributed by atoms with Crippen LogP contribution < -0.4 is 9.46 Å². The molecule has 1 aliphatic heterocycles. The van der Waals surface area contributed by atoms with Crippen molar-refractivity contribution in [3.8, 4) is 5.75 Å². The molecule has 0 saturated heterocycles. The summed E-state index contributed by atoms with van der Waals surface area (Å²) < 4.78 is 70.9.